The SMILES string of the molecule is CC(C)(C)OC(=O)N1CCC(I)CC12CCC2. The molecule has 2 rings (SSSR count). The summed E-state index contributed by atoms with van der Waals surface area (Å²) >= 11 is 2.52. The molecule has 0 aromatic heterocycles. The molecule has 1 unspecified atom stereocenters. The van der Waals surface area contributed by atoms with Gasteiger partial charge in [0.05, 0.1) is 0 Å². The van der Waals surface area contributed by atoms with Gasteiger partial charge >= 0.3 is 6.09 Å². The number of halogens is 1. The Morgan fingerprint density at radius 1 is 1.41 bits per heavy atom. The number of piperidine rings is 1. The van der Waals surface area contributed by atoms with Crippen molar-refractivity contribution < 1.29 is 9.53 Å². The third-order valence-corrected chi connectivity index (χ3v) is 4.80. The third kappa shape index (κ3) is 2.88. The zero-order valence-electron chi connectivity index (χ0n) is 11.0. The fraction of sp³-hybridized carbons (Fsp3) is 0.923. The molecule has 1 heterocycles. The summed E-state index contributed by atoms with van der Waals surface area (Å²) in [6, 6.07) is 0. The number of nitrogens with zero attached hydrogens (tertiary/aromatic N) is 1. The van der Waals surface area contributed by atoms with Crippen LogP contribution in [0.1, 0.15) is 52.9 Å². The number of hydrogen-bond acceptors (Lipinski definition) is 2. The van der Waals surface area contributed by atoms with E-state index in [-0.39, 0.29) is 17.2 Å². The quantitative estimate of drug-likeness (QED) is 0.492. The van der Waals surface area contributed by atoms with E-state index in [4.69, 9.17) is 4.74 Å². The van der Waals surface area contributed by atoms with Gasteiger partial charge in [0.1, 0.15) is 5.60 Å². The second-order valence-electron chi connectivity index (χ2n) is 6.30. The Morgan fingerprint density at radius 3 is 2.53 bits per heavy atom. The molecule has 1 atom stereocenters. The lowest BCUT2D eigenvalue weighted by atomic mass is 9.70. The fourth-order valence-electron chi connectivity index (χ4n) is 2.79. The van der Waals surface area contributed by atoms with Gasteiger partial charge in [-0.15, -0.1) is 0 Å². The highest BCUT2D eigenvalue weighted by Gasteiger charge is 2.49. The van der Waals surface area contributed by atoms with Crippen LogP contribution in [0.15, 0.2) is 0 Å². The van der Waals surface area contributed by atoms with E-state index in [2.05, 4.69) is 22.6 Å². The van der Waals surface area contributed by atoms with Crippen LogP contribution in [0, 0.1) is 0 Å². The fourth-order valence-corrected chi connectivity index (χ4v) is 3.89. The Morgan fingerprint density at radius 2 is 2.06 bits per heavy atom. The van der Waals surface area contributed by atoms with Crippen molar-refractivity contribution in [2.75, 3.05) is 6.54 Å². The normalized spacial score (nSPS) is 27.8. The Bertz CT molecular complexity index is 307. The van der Waals surface area contributed by atoms with Crippen molar-refractivity contribution in [2.24, 2.45) is 0 Å². The van der Waals surface area contributed by atoms with Crippen LogP contribution in [-0.2, 0) is 4.74 Å². The summed E-state index contributed by atoms with van der Waals surface area (Å²) in [6.45, 7) is 6.67. The van der Waals surface area contributed by atoms with Gasteiger partial charge in [0, 0.05) is 16.0 Å². The maximum absolute atomic E-state index is 12.2. The molecular weight excluding hydrogens is 329 g/mol. The molecule has 3 nitrogen and oxygen atoms in total. The van der Waals surface area contributed by atoms with Crippen molar-refractivity contribution in [1.29, 1.82) is 0 Å². The van der Waals surface area contributed by atoms with Crippen molar-refractivity contribution in [2.45, 2.75) is 67.9 Å². The minimum absolute atomic E-state index is 0.111. The van der Waals surface area contributed by atoms with E-state index in [1.54, 1.807) is 0 Å². The van der Waals surface area contributed by atoms with E-state index in [1.165, 1.54) is 6.42 Å². The van der Waals surface area contributed by atoms with Crippen molar-refractivity contribution in [3.05, 3.63) is 0 Å². The van der Waals surface area contributed by atoms with Crippen LogP contribution in [0.25, 0.3) is 0 Å². The molecule has 1 spiro atoms. The van der Waals surface area contributed by atoms with Gasteiger partial charge < -0.3 is 9.64 Å². The lowest BCUT2D eigenvalue weighted by Gasteiger charge is -2.54. The first-order valence-electron chi connectivity index (χ1n) is 6.47. The molecule has 17 heavy (non-hydrogen) atoms. The standard InChI is InChI=1S/C13H22INO2/c1-12(2,3)17-11(16)15-8-5-10(14)9-13(15)6-4-7-13/h10H,4-9H2,1-3H3. The predicted molar refractivity (Wildman–Crippen MR) is 76.6 cm³/mol. The number of rotatable bonds is 0. The number of ether oxygens (including phenoxy) is 1. The van der Waals surface area contributed by atoms with Crippen LogP contribution in [-0.4, -0.2) is 32.6 Å². The summed E-state index contributed by atoms with van der Waals surface area (Å²) in [6.07, 6.45) is 5.70. The van der Waals surface area contributed by atoms with E-state index in [1.807, 2.05) is 25.7 Å². The molecule has 0 bridgehead atoms. The Labute approximate surface area is 117 Å². The largest absolute Gasteiger partial charge is 0.444 e. The number of alkyl halides is 1. The first kappa shape index (κ1) is 13.4. The van der Waals surface area contributed by atoms with Crippen LogP contribution in [0.3, 0.4) is 0 Å². The van der Waals surface area contributed by atoms with Crippen LogP contribution >= 0.6 is 22.6 Å². The van der Waals surface area contributed by atoms with E-state index < -0.39 is 0 Å². The topological polar surface area (TPSA) is 29.5 Å². The van der Waals surface area contributed by atoms with Gasteiger partial charge in [-0.05, 0) is 52.9 Å². The molecule has 2 aliphatic rings. The lowest BCUT2D eigenvalue weighted by Crippen LogP contribution is -2.61. The Kier molecular flexibility index (Phi) is 3.63. The number of hydrogen-bond donors (Lipinski definition) is 0. The zero-order chi connectivity index (χ0) is 12.7. The first-order valence-corrected chi connectivity index (χ1v) is 7.72. The van der Waals surface area contributed by atoms with Gasteiger partial charge in [0.25, 0.3) is 0 Å². The number of likely N-dealkylation sites (tertiary alicyclic amines) is 1. The second-order valence-corrected chi connectivity index (χ2v) is 8.06. The zero-order valence-corrected chi connectivity index (χ0v) is 13.1. The highest BCUT2D eigenvalue weighted by Crippen LogP contribution is 2.46. The molecule has 0 N–H and O–H groups in total. The molecule has 2 fully saturated rings. The summed E-state index contributed by atoms with van der Waals surface area (Å²) in [5, 5.41) is 0. The minimum Gasteiger partial charge on any atom is -0.444 e. The highest BCUT2D eigenvalue weighted by atomic mass is 127. The van der Waals surface area contributed by atoms with Crippen LogP contribution < -0.4 is 0 Å². The van der Waals surface area contributed by atoms with Crippen molar-refractivity contribution in [3.63, 3.8) is 0 Å². The monoisotopic (exact) mass is 351 g/mol. The van der Waals surface area contributed by atoms with Gasteiger partial charge in [-0.2, -0.15) is 0 Å². The van der Waals surface area contributed by atoms with Crippen LogP contribution in [0.4, 0.5) is 4.79 Å². The molecule has 1 saturated heterocycles. The Hall–Kier alpha value is 0. The maximum atomic E-state index is 12.2. The van der Waals surface area contributed by atoms with E-state index in [0.717, 1.165) is 32.2 Å². The molecule has 1 aliphatic carbocycles. The van der Waals surface area contributed by atoms with Gasteiger partial charge in [-0.3, -0.25) is 0 Å². The summed E-state index contributed by atoms with van der Waals surface area (Å²) in [7, 11) is 0. The minimum atomic E-state index is -0.386. The number of carbonyl (C=O) groups excluding carboxylic acids is 1. The van der Waals surface area contributed by atoms with Crippen LogP contribution in [0.2, 0.25) is 0 Å². The molecular formula is C13H22INO2. The third-order valence-electron chi connectivity index (χ3n) is 3.74. The molecule has 0 aromatic carbocycles. The van der Waals surface area contributed by atoms with Gasteiger partial charge in [-0.25, -0.2) is 4.79 Å². The lowest BCUT2D eigenvalue weighted by molar-refractivity contribution is -0.0404. The van der Waals surface area contributed by atoms with Crippen LogP contribution in [0.5, 0.6) is 0 Å². The maximum Gasteiger partial charge on any atom is 0.410 e. The van der Waals surface area contributed by atoms with Gasteiger partial charge in [-0.1, -0.05) is 22.6 Å². The summed E-state index contributed by atoms with van der Waals surface area (Å²) < 4.78 is 6.24. The van der Waals surface area contributed by atoms with Gasteiger partial charge in [0.2, 0.25) is 0 Å². The van der Waals surface area contributed by atoms with E-state index in [9.17, 15) is 4.79 Å². The van der Waals surface area contributed by atoms with E-state index >= 15 is 0 Å². The summed E-state index contributed by atoms with van der Waals surface area (Å²) in [5.41, 5.74) is -0.254. The molecule has 0 aromatic rings. The molecule has 1 aliphatic heterocycles. The van der Waals surface area contributed by atoms with Crippen molar-refractivity contribution >= 4 is 28.7 Å². The average molecular weight is 351 g/mol. The molecule has 0 radical (unpaired) electrons. The Balaban J connectivity index is 2.06. The molecule has 98 valence electrons. The smallest absolute Gasteiger partial charge is 0.410 e. The summed E-state index contributed by atoms with van der Waals surface area (Å²) in [4.78, 5) is 14.2. The van der Waals surface area contributed by atoms with Gasteiger partial charge in [0.15, 0.2) is 0 Å². The van der Waals surface area contributed by atoms with Crippen molar-refractivity contribution in [3.8, 4) is 0 Å². The average Bonchev–Trinajstić information content (AvgIpc) is 2.12. The molecule has 1 saturated carbocycles. The molecule has 4 heteroatoms. The predicted octanol–water partition coefficient (Wildman–Crippen LogP) is 3.74. The highest BCUT2D eigenvalue weighted by molar-refractivity contribution is 14.1. The number of amides is 1. The van der Waals surface area contributed by atoms with E-state index in [0.29, 0.717) is 3.92 Å². The summed E-state index contributed by atoms with van der Waals surface area (Å²) in [5.74, 6) is 0. The first-order chi connectivity index (χ1) is 7.82. The van der Waals surface area contributed by atoms with Crippen molar-refractivity contribution in [1.82, 2.24) is 4.90 Å². The number of carbonyl (C=O) groups is 1. The second kappa shape index (κ2) is 4.59. The molecule has 1 amide bonds.